The predicted molar refractivity (Wildman–Crippen MR) is 83.9 cm³/mol. The van der Waals surface area contributed by atoms with Crippen LogP contribution in [0.3, 0.4) is 0 Å². The van der Waals surface area contributed by atoms with Crippen LogP contribution in [-0.4, -0.2) is 0 Å². The van der Waals surface area contributed by atoms with E-state index in [0.717, 1.165) is 15.4 Å². The second-order valence-electron chi connectivity index (χ2n) is 4.20. The van der Waals surface area contributed by atoms with Crippen molar-refractivity contribution in [1.82, 2.24) is 0 Å². The molecule has 0 N–H and O–H groups in total. The minimum Gasteiger partial charge on any atom is -0.142 e. The van der Waals surface area contributed by atoms with Crippen molar-refractivity contribution in [3.8, 4) is 11.1 Å². The van der Waals surface area contributed by atoms with Gasteiger partial charge in [-0.2, -0.15) is 0 Å². The van der Waals surface area contributed by atoms with E-state index in [2.05, 4.69) is 73.8 Å². The summed E-state index contributed by atoms with van der Waals surface area (Å²) in [5, 5.41) is 2.49. The van der Waals surface area contributed by atoms with Crippen molar-refractivity contribution in [3.63, 3.8) is 0 Å². The molecule has 0 amide bonds. The summed E-state index contributed by atoms with van der Waals surface area (Å²) in [4.78, 5) is 1.83. The number of hydrogen-bond acceptors (Lipinski definition) is 2. The van der Waals surface area contributed by atoms with Crippen molar-refractivity contribution in [1.29, 1.82) is 0 Å². The maximum atomic E-state index is 4.57. The van der Waals surface area contributed by atoms with Gasteiger partial charge >= 0.3 is 0 Å². The zero-order valence-corrected chi connectivity index (χ0v) is 11.5. The lowest BCUT2D eigenvalue weighted by molar-refractivity contribution is 1.27. The van der Waals surface area contributed by atoms with E-state index >= 15 is 0 Å². The van der Waals surface area contributed by atoms with Gasteiger partial charge in [-0.1, -0.05) is 54.6 Å². The number of fused-ring (bicyclic) bond motifs is 1. The van der Waals surface area contributed by atoms with Crippen molar-refractivity contribution < 1.29 is 0 Å². The van der Waals surface area contributed by atoms with Crippen LogP contribution in [0.4, 0.5) is 0 Å². The number of benzene rings is 3. The van der Waals surface area contributed by atoms with E-state index < -0.39 is 0 Å². The summed E-state index contributed by atoms with van der Waals surface area (Å²) < 4.78 is 0. The Morgan fingerprint density at radius 3 is 2.17 bits per heavy atom. The smallest absolute Gasteiger partial charge is 0.0253 e. The molecule has 0 atom stereocenters. The molecular weight excluding hydrogens is 256 g/mol. The third-order valence-electron chi connectivity index (χ3n) is 3.09. The van der Waals surface area contributed by atoms with Gasteiger partial charge in [-0.05, 0) is 28.0 Å². The summed E-state index contributed by atoms with van der Waals surface area (Å²) in [5.74, 6) is 0. The zero-order chi connectivity index (χ0) is 12.5. The van der Waals surface area contributed by atoms with Crippen LogP contribution in [0.15, 0.2) is 70.5 Å². The normalized spacial score (nSPS) is 10.8. The summed E-state index contributed by atoms with van der Waals surface area (Å²) in [6.07, 6.45) is 0. The molecule has 0 aliphatic carbocycles. The molecule has 0 aliphatic rings. The van der Waals surface area contributed by atoms with Gasteiger partial charge < -0.3 is 0 Å². The van der Waals surface area contributed by atoms with Crippen LogP contribution in [0.5, 0.6) is 0 Å². The molecule has 3 rings (SSSR count). The molecule has 2 heteroatoms. The molecule has 0 bridgehead atoms. The zero-order valence-electron chi connectivity index (χ0n) is 9.67. The highest BCUT2D eigenvalue weighted by atomic mass is 32.1. The molecule has 0 nitrogen and oxygen atoms in total. The molecule has 0 fully saturated rings. The summed E-state index contributed by atoms with van der Waals surface area (Å²) in [7, 11) is 0. The standard InChI is InChI=1S/C16H12S2/c17-15-10-4-9-14(16(15)18)13-8-3-6-11-5-1-2-7-12(11)13/h1-10,17-18H. The van der Waals surface area contributed by atoms with E-state index in [9.17, 15) is 0 Å². The number of thiol groups is 2. The summed E-state index contributed by atoms with van der Waals surface area (Å²) in [6.45, 7) is 0. The van der Waals surface area contributed by atoms with Crippen LogP contribution in [0, 0.1) is 0 Å². The molecule has 0 heterocycles. The molecule has 0 radical (unpaired) electrons. The van der Waals surface area contributed by atoms with E-state index in [1.165, 1.54) is 16.3 Å². The lowest BCUT2D eigenvalue weighted by Gasteiger charge is -2.10. The summed E-state index contributed by atoms with van der Waals surface area (Å²) in [5.41, 5.74) is 2.33. The van der Waals surface area contributed by atoms with Gasteiger partial charge in [0.2, 0.25) is 0 Å². The molecule has 3 aromatic rings. The van der Waals surface area contributed by atoms with E-state index in [1.807, 2.05) is 12.1 Å². The lowest BCUT2D eigenvalue weighted by atomic mass is 9.98. The molecular formula is C16H12S2. The van der Waals surface area contributed by atoms with Gasteiger partial charge in [0, 0.05) is 9.79 Å². The number of hydrogen-bond donors (Lipinski definition) is 2. The first-order valence-electron chi connectivity index (χ1n) is 5.76. The van der Waals surface area contributed by atoms with Gasteiger partial charge in [-0.3, -0.25) is 0 Å². The first-order valence-corrected chi connectivity index (χ1v) is 6.66. The van der Waals surface area contributed by atoms with Crippen LogP contribution < -0.4 is 0 Å². The van der Waals surface area contributed by atoms with Crippen LogP contribution in [0.2, 0.25) is 0 Å². The molecule has 3 aromatic carbocycles. The molecule has 0 unspecified atom stereocenters. The predicted octanol–water partition coefficient (Wildman–Crippen LogP) is 5.08. The largest absolute Gasteiger partial charge is 0.142 e. The van der Waals surface area contributed by atoms with Crippen LogP contribution in [0.25, 0.3) is 21.9 Å². The van der Waals surface area contributed by atoms with Gasteiger partial charge in [0.25, 0.3) is 0 Å². The molecule has 0 saturated heterocycles. The lowest BCUT2D eigenvalue weighted by Crippen LogP contribution is -1.84. The Hall–Kier alpha value is -1.38. The molecule has 0 aromatic heterocycles. The minimum atomic E-state index is 0.906. The van der Waals surface area contributed by atoms with E-state index in [0.29, 0.717) is 0 Å². The first-order chi connectivity index (χ1) is 8.77. The Balaban J connectivity index is 2.35. The highest BCUT2D eigenvalue weighted by molar-refractivity contribution is 7.83. The monoisotopic (exact) mass is 268 g/mol. The van der Waals surface area contributed by atoms with Crippen LogP contribution >= 0.6 is 25.3 Å². The highest BCUT2D eigenvalue weighted by Gasteiger charge is 2.07. The first kappa shape index (κ1) is 11.7. The minimum absolute atomic E-state index is 0.906. The Bertz CT molecular complexity index is 712. The van der Waals surface area contributed by atoms with Gasteiger partial charge in [0.05, 0.1) is 0 Å². The fraction of sp³-hybridized carbons (Fsp3) is 0. The highest BCUT2D eigenvalue weighted by Crippen LogP contribution is 2.35. The summed E-state index contributed by atoms with van der Waals surface area (Å²) >= 11 is 9.01. The van der Waals surface area contributed by atoms with Crippen LogP contribution in [-0.2, 0) is 0 Å². The van der Waals surface area contributed by atoms with E-state index in [-0.39, 0.29) is 0 Å². The van der Waals surface area contributed by atoms with Crippen LogP contribution in [0.1, 0.15) is 0 Å². The maximum absolute atomic E-state index is 4.57. The average molecular weight is 268 g/mol. The molecule has 0 aliphatic heterocycles. The third-order valence-corrected chi connectivity index (χ3v) is 4.13. The molecule has 0 saturated carbocycles. The fourth-order valence-electron chi connectivity index (χ4n) is 2.21. The Kier molecular flexibility index (Phi) is 3.06. The van der Waals surface area contributed by atoms with Crippen molar-refractivity contribution in [2.75, 3.05) is 0 Å². The average Bonchev–Trinajstić information content (AvgIpc) is 2.41. The van der Waals surface area contributed by atoms with Gasteiger partial charge in [0.15, 0.2) is 0 Å². The maximum Gasteiger partial charge on any atom is 0.0253 e. The molecule has 88 valence electrons. The Morgan fingerprint density at radius 1 is 0.611 bits per heavy atom. The van der Waals surface area contributed by atoms with Gasteiger partial charge in [-0.25, -0.2) is 0 Å². The summed E-state index contributed by atoms with van der Waals surface area (Å²) in [6, 6.07) is 20.8. The Labute approximate surface area is 117 Å². The van der Waals surface area contributed by atoms with Crippen molar-refractivity contribution in [2.24, 2.45) is 0 Å². The fourth-order valence-corrected chi connectivity index (χ4v) is 2.68. The van der Waals surface area contributed by atoms with E-state index in [1.54, 1.807) is 0 Å². The quantitative estimate of drug-likeness (QED) is 0.565. The van der Waals surface area contributed by atoms with Crippen molar-refractivity contribution >= 4 is 36.0 Å². The second kappa shape index (κ2) is 4.71. The third kappa shape index (κ3) is 1.92. The SMILES string of the molecule is Sc1cccc(-c2cccc3ccccc23)c1S. The van der Waals surface area contributed by atoms with Crippen molar-refractivity contribution in [3.05, 3.63) is 60.7 Å². The van der Waals surface area contributed by atoms with Gasteiger partial charge in [-0.15, -0.1) is 25.3 Å². The van der Waals surface area contributed by atoms with Gasteiger partial charge in [0.1, 0.15) is 0 Å². The van der Waals surface area contributed by atoms with Crippen molar-refractivity contribution in [2.45, 2.75) is 9.79 Å². The second-order valence-corrected chi connectivity index (χ2v) is 5.13. The molecule has 0 spiro atoms. The topological polar surface area (TPSA) is 0 Å². The Morgan fingerprint density at radius 2 is 1.28 bits per heavy atom. The molecule has 18 heavy (non-hydrogen) atoms. The van der Waals surface area contributed by atoms with E-state index in [4.69, 9.17) is 0 Å². The number of rotatable bonds is 1.